The molecule has 4 nitrogen and oxygen atoms in total. The summed E-state index contributed by atoms with van der Waals surface area (Å²) in [7, 11) is 0. The zero-order valence-corrected chi connectivity index (χ0v) is 8.87. The van der Waals surface area contributed by atoms with Crippen LogP contribution >= 0.6 is 0 Å². The minimum absolute atomic E-state index is 0.0642. The summed E-state index contributed by atoms with van der Waals surface area (Å²) in [6, 6.07) is 0. The average molecular weight is 199 g/mol. The zero-order chi connectivity index (χ0) is 10.9. The summed E-state index contributed by atoms with van der Waals surface area (Å²) in [6.07, 6.45) is 0.0579. The van der Waals surface area contributed by atoms with Gasteiger partial charge >= 0.3 is 6.09 Å². The molecule has 1 rings (SSSR count). The van der Waals surface area contributed by atoms with Gasteiger partial charge in [0.1, 0.15) is 5.78 Å². The quantitative estimate of drug-likeness (QED) is 0.745. The Morgan fingerprint density at radius 2 is 2.00 bits per heavy atom. The van der Waals surface area contributed by atoms with E-state index in [1.807, 2.05) is 20.8 Å². The van der Waals surface area contributed by atoms with E-state index in [1.165, 1.54) is 0 Å². The molecule has 0 heterocycles. The molecule has 0 saturated heterocycles. The Kier molecular flexibility index (Phi) is 2.83. The molecule has 80 valence electrons. The summed E-state index contributed by atoms with van der Waals surface area (Å²) in [4.78, 5) is 22.0. The fourth-order valence-corrected chi connectivity index (χ4v) is 1.50. The molecule has 2 atom stereocenters. The number of hydrogen-bond donors (Lipinski definition) is 1. The second-order valence-corrected chi connectivity index (χ2v) is 4.85. The number of rotatable bonds is 3. The maximum Gasteiger partial charge on any atom is 0.404 e. The normalized spacial score (nSPS) is 25.6. The highest BCUT2D eigenvalue weighted by molar-refractivity contribution is 5.88. The molecule has 2 N–H and O–H groups in total. The summed E-state index contributed by atoms with van der Waals surface area (Å²) >= 11 is 0. The molecule has 1 fully saturated rings. The minimum Gasteiger partial charge on any atom is -0.449 e. The van der Waals surface area contributed by atoms with Gasteiger partial charge in [0.25, 0.3) is 0 Å². The fourth-order valence-electron chi connectivity index (χ4n) is 1.50. The highest BCUT2D eigenvalue weighted by Crippen LogP contribution is 2.43. The lowest BCUT2D eigenvalue weighted by atomic mass is 9.87. The first kappa shape index (κ1) is 11.0. The third-order valence-electron chi connectivity index (χ3n) is 2.44. The van der Waals surface area contributed by atoms with Crippen LogP contribution in [0.3, 0.4) is 0 Å². The van der Waals surface area contributed by atoms with Crippen LogP contribution in [0.25, 0.3) is 0 Å². The summed E-state index contributed by atoms with van der Waals surface area (Å²) in [5.74, 6) is 0.499. The van der Waals surface area contributed by atoms with Gasteiger partial charge < -0.3 is 10.5 Å². The van der Waals surface area contributed by atoms with Crippen molar-refractivity contribution >= 4 is 11.9 Å². The van der Waals surface area contributed by atoms with Crippen LogP contribution in [-0.4, -0.2) is 18.5 Å². The maximum atomic E-state index is 11.7. The van der Waals surface area contributed by atoms with E-state index >= 15 is 0 Å². The molecule has 0 bridgehead atoms. The summed E-state index contributed by atoms with van der Waals surface area (Å²) in [5.41, 5.74) is 4.53. The molecule has 1 aliphatic rings. The molecular formula is C10H17NO3. The summed E-state index contributed by atoms with van der Waals surface area (Å²) in [6.45, 7) is 5.99. The number of amides is 1. The molecule has 0 aromatic rings. The van der Waals surface area contributed by atoms with E-state index in [2.05, 4.69) is 4.74 Å². The van der Waals surface area contributed by atoms with Gasteiger partial charge in [-0.05, 0) is 6.42 Å². The third-order valence-corrected chi connectivity index (χ3v) is 2.44. The molecule has 1 aliphatic carbocycles. The van der Waals surface area contributed by atoms with Gasteiger partial charge in [0, 0.05) is 17.3 Å². The van der Waals surface area contributed by atoms with Gasteiger partial charge in [0.05, 0.1) is 6.61 Å². The van der Waals surface area contributed by atoms with Gasteiger partial charge in [-0.2, -0.15) is 0 Å². The number of hydrogen-bond acceptors (Lipinski definition) is 3. The molecule has 14 heavy (non-hydrogen) atoms. The van der Waals surface area contributed by atoms with Crippen molar-refractivity contribution in [2.75, 3.05) is 6.61 Å². The maximum absolute atomic E-state index is 11.7. The Labute approximate surface area is 83.8 Å². The van der Waals surface area contributed by atoms with Crippen LogP contribution in [0.15, 0.2) is 0 Å². The van der Waals surface area contributed by atoms with Crippen LogP contribution < -0.4 is 5.73 Å². The van der Waals surface area contributed by atoms with Crippen LogP contribution in [0.1, 0.15) is 27.2 Å². The van der Waals surface area contributed by atoms with Gasteiger partial charge in [-0.15, -0.1) is 0 Å². The molecule has 2 unspecified atom stereocenters. The van der Waals surface area contributed by atoms with Crippen molar-refractivity contribution in [1.29, 1.82) is 0 Å². The van der Waals surface area contributed by atoms with E-state index in [4.69, 9.17) is 5.73 Å². The van der Waals surface area contributed by atoms with Crippen LogP contribution in [0.5, 0.6) is 0 Å². The smallest absolute Gasteiger partial charge is 0.404 e. The predicted octanol–water partition coefficient (Wildman–Crippen LogP) is 1.33. The number of primary amides is 1. The van der Waals surface area contributed by atoms with E-state index in [9.17, 15) is 9.59 Å². The Morgan fingerprint density at radius 1 is 1.43 bits per heavy atom. The fraction of sp³-hybridized carbons (Fsp3) is 0.800. The summed E-state index contributed by atoms with van der Waals surface area (Å²) < 4.78 is 4.65. The van der Waals surface area contributed by atoms with E-state index < -0.39 is 6.09 Å². The predicted molar refractivity (Wildman–Crippen MR) is 51.6 cm³/mol. The Balaban J connectivity index is 2.33. The lowest BCUT2D eigenvalue weighted by molar-refractivity contribution is -0.128. The van der Waals surface area contributed by atoms with Crippen LogP contribution in [-0.2, 0) is 9.53 Å². The highest BCUT2D eigenvalue weighted by Gasteiger charge is 2.46. The number of ketones is 1. The first-order chi connectivity index (χ1) is 6.32. The van der Waals surface area contributed by atoms with Gasteiger partial charge in [-0.25, -0.2) is 4.79 Å². The molecule has 0 spiro atoms. The Hall–Kier alpha value is -1.06. The van der Waals surface area contributed by atoms with Crippen molar-refractivity contribution < 1.29 is 14.3 Å². The molecule has 0 radical (unpaired) electrons. The lowest BCUT2D eigenvalue weighted by Crippen LogP contribution is -2.23. The molecule has 1 saturated carbocycles. The van der Waals surface area contributed by atoms with E-state index in [1.54, 1.807) is 0 Å². The number of carbonyl (C=O) groups is 2. The van der Waals surface area contributed by atoms with Crippen LogP contribution in [0, 0.1) is 17.3 Å². The van der Waals surface area contributed by atoms with Crippen molar-refractivity contribution in [3.8, 4) is 0 Å². The standard InChI is InChI=1S/C10H17NO3/c1-10(2,3)8(12)7-4-6(7)5-14-9(11)13/h6-7H,4-5H2,1-3H3,(H2,11,13). The Bertz CT molecular complexity index is 255. The van der Waals surface area contributed by atoms with Gasteiger partial charge in [0.2, 0.25) is 0 Å². The first-order valence-corrected chi connectivity index (χ1v) is 4.79. The van der Waals surface area contributed by atoms with Crippen molar-refractivity contribution in [3.05, 3.63) is 0 Å². The molecule has 0 aromatic carbocycles. The molecule has 0 aliphatic heterocycles. The molecule has 0 aromatic heterocycles. The van der Waals surface area contributed by atoms with Crippen LogP contribution in [0.2, 0.25) is 0 Å². The van der Waals surface area contributed by atoms with Crippen molar-refractivity contribution in [3.63, 3.8) is 0 Å². The van der Waals surface area contributed by atoms with Gasteiger partial charge in [0.15, 0.2) is 0 Å². The third kappa shape index (κ3) is 2.72. The van der Waals surface area contributed by atoms with Gasteiger partial charge in [-0.3, -0.25) is 4.79 Å². The second kappa shape index (κ2) is 3.59. The highest BCUT2D eigenvalue weighted by atomic mass is 16.5. The lowest BCUT2D eigenvalue weighted by Gasteiger charge is -2.16. The Morgan fingerprint density at radius 3 is 2.43 bits per heavy atom. The van der Waals surface area contributed by atoms with Crippen molar-refractivity contribution in [1.82, 2.24) is 0 Å². The van der Waals surface area contributed by atoms with E-state index in [0.29, 0.717) is 0 Å². The SMILES string of the molecule is CC(C)(C)C(=O)C1CC1COC(N)=O. The van der Waals surface area contributed by atoms with Gasteiger partial charge in [-0.1, -0.05) is 20.8 Å². The van der Waals surface area contributed by atoms with E-state index in [-0.39, 0.29) is 29.6 Å². The van der Waals surface area contributed by atoms with E-state index in [0.717, 1.165) is 6.42 Å². The topological polar surface area (TPSA) is 69.4 Å². The number of Topliss-reactive ketones (excluding diaryl/α,β-unsaturated/α-hetero) is 1. The monoisotopic (exact) mass is 199 g/mol. The van der Waals surface area contributed by atoms with Crippen molar-refractivity contribution in [2.45, 2.75) is 27.2 Å². The second-order valence-electron chi connectivity index (χ2n) is 4.85. The molecule has 1 amide bonds. The molecule has 4 heteroatoms. The number of ether oxygens (including phenoxy) is 1. The number of nitrogens with two attached hydrogens (primary N) is 1. The van der Waals surface area contributed by atoms with Crippen molar-refractivity contribution in [2.24, 2.45) is 23.0 Å². The largest absolute Gasteiger partial charge is 0.449 e. The minimum atomic E-state index is -0.765. The molecular weight excluding hydrogens is 182 g/mol. The first-order valence-electron chi connectivity index (χ1n) is 4.79. The van der Waals surface area contributed by atoms with Crippen LogP contribution in [0.4, 0.5) is 4.79 Å². The zero-order valence-electron chi connectivity index (χ0n) is 8.87. The average Bonchev–Trinajstić information content (AvgIpc) is 2.76. The summed E-state index contributed by atoms with van der Waals surface area (Å²) in [5, 5.41) is 0. The number of carbonyl (C=O) groups excluding carboxylic acids is 2.